The molecule has 0 saturated heterocycles. The van der Waals surface area contributed by atoms with Crippen LogP contribution in [0.1, 0.15) is 33.6 Å². The number of benzene rings is 2. The van der Waals surface area contributed by atoms with Gasteiger partial charge in [-0.15, -0.1) is 0 Å². The Labute approximate surface area is 146 Å². The number of hydrogen-bond acceptors (Lipinski definition) is 2. The Morgan fingerprint density at radius 1 is 0.958 bits per heavy atom. The standard InChI is InChI=1S/C21H26O2Si/c1-21(2,3)24(18-10-6-4-7-11-18,19-12-8-5-9-13-19)23-16-17-14-15-20(17)22/h4-13,17H,14-16H2,1-3H3. The molecule has 0 aliphatic heterocycles. The molecule has 0 aromatic heterocycles. The van der Waals surface area contributed by atoms with Gasteiger partial charge < -0.3 is 4.43 Å². The molecule has 0 N–H and O–H groups in total. The third-order valence-electron chi connectivity index (χ3n) is 5.11. The van der Waals surface area contributed by atoms with Crippen LogP contribution in [0.3, 0.4) is 0 Å². The van der Waals surface area contributed by atoms with Crippen LogP contribution in [0.4, 0.5) is 0 Å². The fourth-order valence-corrected chi connectivity index (χ4v) is 8.24. The van der Waals surface area contributed by atoms with Gasteiger partial charge in [-0.3, -0.25) is 4.79 Å². The summed E-state index contributed by atoms with van der Waals surface area (Å²) in [5.41, 5.74) is 0. The van der Waals surface area contributed by atoms with Crippen molar-refractivity contribution in [1.82, 2.24) is 0 Å². The summed E-state index contributed by atoms with van der Waals surface area (Å²) in [4.78, 5) is 11.8. The molecule has 24 heavy (non-hydrogen) atoms. The van der Waals surface area contributed by atoms with Gasteiger partial charge in [0.05, 0.1) is 0 Å². The highest BCUT2D eigenvalue weighted by Gasteiger charge is 2.50. The minimum absolute atomic E-state index is 0.0253. The van der Waals surface area contributed by atoms with E-state index in [1.807, 2.05) is 12.1 Å². The molecule has 1 fully saturated rings. The summed E-state index contributed by atoms with van der Waals surface area (Å²) >= 11 is 0. The maximum atomic E-state index is 11.8. The van der Waals surface area contributed by atoms with Crippen LogP contribution in [0.25, 0.3) is 0 Å². The Bertz CT molecular complexity index is 649. The van der Waals surface area contributed by atoms with Crippen molar-refractivity contribution in [2.45, 2.75) is 38.7 Å². The minimum atomic E-state index is -2.48. The second-order valence-electron chi connectivity index (χ2n) is 7.68. The molecule has 0 spiro atoms. The van der Waals surface area contributed by atoms with E-state index >= 15 is 0 Å². The van der Waals surface area contributed by atoms with Gasteiger partial charge in [0.2, 0.25) is 0 Å². The lowest BCUT2D eigenvalue weighted by molar-refractivity contribution is -0.130. The molecule has 126 valence electrons. The highest BCUT2D eigenvalue weighted by Crippen LogP contribution is 2.37. The maximum Gasteiger partial charge on any atom is 0.261 e. The number of carbonyl (C=O) groups excluding carboxylic acids is 1. The van der Waals surface area contributed by atoms with Crippen molar-refractivity contribution in [3.63, 3.8) is 0 Å². The molecule has 1 atom stereocenters. The zero-order valence-electron chi connectivity index (χ0n) is 14.8. The Hall–Kier alpha value is -1.71. The van der Waals surface area contributed by atoms with Gasteiger partial charge >= 0.3 is 0 Å². The monoisotopic (exact) mass is 338 g/mol. The number of ketones is 1. The zero-order chi connectivity index (χ0) is 17.2. The lowest BCUT2D eigenvalue weighted by Gasteiger charge is -2.44. The van der Waals surface area contributed by atoms with E-state index in [2.05, 4.69) is 69.3 Å². The van der Waals surface area contributed by atoms with Crippen molar-refractivity contribution >= 4 is 24.5 Å². The van der Waals surface area contributed by atoms with E-state index in [-0.39, 0.29) is 11.0 Å². The number of rotatable bonds is 5. The van der Waals surface area contributed by atoms with Crippen molar-refractivity contribution in [2.75, 3.05) is 6.61 Å². The molecular weight excluding hydrogens is 312 g/mol. The van der Waals surface area contributed by atoms with Crippen molar-refractivity contribution in [2.24, 2.45) is 5.92 Å². The summed E-state index contributed by atoms with van der Waals surface area (Å²) in [7, 11) is -2.48. The average Bonchev–Trinajstić information content (AvgIpc) is 2.58. The largest absolute Gasteiger partial charge is 0.407 e. The summed E-state index contributed by atoms with van der Waals surface area (Å²) in [6.07, 6.45) is 1.69. The topological polar surface area (TPSA) is 26.3 Å². The van der Waals surface area contributed by atoms with Crippen molar-refractivity contribution in [3.8, 4) is 0 Å². The molecule has 1 aliphatic rings. The second-order valence-corrected chi connectivity index (χ2v) is 12.0. The van der Waals surface area contributed by atoms with E-state index < -0.39 is 8.32 Å². The average molecular weight is 339 g/mol. The van der Waals surface area contributed by atoms with E-state index in [9.17, 15) is 4.79 Å². The molecule has 2 aromatic rings. The van der Waals surface area contributed by atoms with Crippen LogP contribution in [0.2, 0.25) is 5.04 Å². The first kappa shape index (κ1) is 17.1. The first-order chi connectivity index (χ1) is 11.4. The van der Waals surface area contributed by atoms with Gasteiger partial charge in [0.25, 0.3) is 8.32 Å². The Balaban J connectivity index is 2.08. The summed E-state index contributed by atoms with van der Waals surface area (Å²) < 4.78 is 6.76. The summed E-state index contributed by atoms with van der Waals surface area (Å²) in [5.74, 6) is 0.444. The fraction of sp³-hybridized carbons (Fsp3) is 0.381. The molecule has 0 heterocycles. The molecule has 0 bridgehead atoms. The number of Topliss-reactive ketones (excluding diaryl/α,β-unsaturated/α-hetero) is 1. The van der Waals surface area contributed by atoms with E-state index in [1.54, 1.807) is 0 Å². The van der Waals surface area contributed by atoms with Crippen LogP contribution in [0.15, 0.2) is 60.7 Å². The highest BCUT2D eigenvalue weighted by molar-refractivity contribution is 6.99. The Morgan fingerprint density at radius 2 is 1.46 bits per heavy atom. The molecule has 1 aliphatic carbocycles. The zero-order valence-corrected chi connectivity index (χ0v) is 15.8. The molecule has 3 heteroatoms. The molecule has 2 nitrogen and oxygen atoms in total. The van der Waals surface area contributed by atoms with E-state index in [1.165, 1.54) is 10.4 Å². The van der Waals surface area contributed by atoms with Gasteiger partial charge in [-0.1, -0.05) is 81.4 Å². The van der Waals surface area contributed by atoms with Crippen LogP contribution in [0, 0.1) is 5.92 Å². The predicted octanol–water partition coefficient (Wildman–Crippen LogP) is 3.54. The maximum absolute atomic E-state index is 11.8. The number of carbonyl (C=O) groups is 1. The van der Waals surface area contributed by atoms with E-state index in [4.69, 9.17) is 4.43 Å². The number of hydrogen-bond donors (Lipinski definition) is 0. The van der Waals surface area contributed by atoms with Crippen molar-refractivity contribution in [3.05, 3.63) is 60.7 Å². The molecule has 2 aromatic carbocycles. The Morgan fingerprint density at radius 3 is 1.79 bits per heavy atom. The third-order valence-corrected chi connectivity index (χ3v) is 10.1. The summed E-state index contributed by atoms with van der Waals surface area (Å²) in [6, 6.07) is 21.2. The molecule has 0 radical (unpaired) electrons. The normalized spacial score (nSPS) is 18.3. The van der Waals surface area contributed by atoms with Crippen molar-refractivity contribution < 1.29 is 9.22 Å². The van der Waals surface area contributed by atoms with Gasteiger partial charge in [-0.25, -0.2) is 0 Å². The third kappa shape index (κ3) is 2.98. The van der Waals surface area contributed by atoms with Crippen LogP contribution in [-0.2, 0) is 9.22 Å². The van der Waals surface area contributed by atoms with Gasteiger partial charge in [0.1, 0.15) is 5.78 Å². The Kier molecular flexibility index (Phi) is 4.75. The van der Waals surface area contributed by atoms with E-state index in [0.29, 0.717) is 12.4 Å². The van der Waals surface area contributed by atoms with Gasteiger partial charge in [-0.05, 0) is 21.8 Å². The van der Waals surface area contributed by atoms with Crippen molar-refractivity contribution in [1.29, 1.82) is 0 Å². The molecule has 1 unspecified atom stereocenters. The van der Waals surface area contributed by atoms with Gasteiger partial charge in [0.15, 0.2) is 0 Å². The predicted molar refractivity (Wildman–Crippen MR) is 101 cm³/mol. The fourth-order valence-electron chi connectivity index (χ4n) is 3.63. The van der Waals surface area contributed by atoms with Gasteiger partial charge in [-0.2, -0.15) is 0 Å². The minimum Gasteiger partial charge on any atom is -0.407 e. The molecule has 0 amide bonds. The van der Waals surface area contributed by atoms with E-state index in [0.717, 1.165) is 12.8 Å². The smallest absolute Gasteiger partial charge is 0.261 e. The van der Waals surface area contributed by atoms with Gasteiger partial charge in [0, 0.05) is 18.9 Å². The molecular formula is C21H26O2Si. The van der Waals surface area contributed by atoms with Crippen LogP contribution in [-0.4, -0.2) is 20.7 Å². The lowest BCUT2D eigenvalue weighted by Crippen LogP contribution is -2.67. The highest BCUT2D eigenvalue weighted by atomic mass is 28.4. The lowest BCUT2D eigenvalue weighted by atomic mass is 9.85. The second kappa shape index (κ2) is 6.65. The summed E-state index contributed by atoms with van der Waals surface area (Å²) in [6.45, 7) is 7.34. The van der Waals surface area contributed by atoms with Crippen LogP contribution < -0.4 is 10.4 Å². The quantitative estimate of drug-likeness (QED) is 0.780. The molecule has 1 saturated carbocycles. The first-order valence-electron chi connectivity index (χ1n) is 8.73. The first-order valence-corrected chi connectivity index (χ1v) is 10.6. The summed E-state index contributed by atoms with van der Waals surface area (Å²) in [5, 5.41) is 2.52. The molecule has 3 rings (SSSR count). The van der Waals surface area contributed by atoms with Crippen LogP contribution in [0.5, 0.6) is 0 Å². The van der Waals surface area contributed by atoms with Crippen LogP contribution >= 0.6 is 0 Å². The SMILES string of the molecule is CC(C)(C)[Si](OCC1CCC1=O)(c1ccccc1)c1ccccc1.